The monoisotopic (exact) mass is 252 g/mol. The lowest BCUT2D eigenvalue weighted by Gasteiger charge is -2.17. The topological polar surface area (TPSA) is 141 Å². The number of nitrogens with zero attached hydrogens (tertiary/aromatic N) is 2. The third kappa shape index (κ3) is 5.80. The molecule has 0 atom stereocenters. The second-order valence-electron chi connectivity index (χ2n) is 3.67. The zero-order chi connectivity index (χ0) is 13.6. The van der Waals surface area contributed by atoms with Gasteiger partial charge in [-0.3, -0.25) is 5.43 Å². The molecule has 0 aliphatic rings. The average Bonchev–Trinajstić information content (AvgIpc) is 2.25. The van der Waals surface area contributed by atoms with Crippen molar-refractivity contribution in [2.45, 2.75) is 12.8 Å². The van der Waals surface area contributed by atoms with E-state index in [0.717, 1.165) is 12.5 Å². The van der Waals surface area contributed by atoms with Crippen molar-refractivity contribution in [3.05, 3.63) is 29.8 Å². The molecular weight excluding hydrogens is 236 g/mol. The van der Waals surface area contributed by atoms with E-state index in [1.165, 1.54) is 6.21 Å². The highest BCUT2D eigenvalue weighted by molar-refractivity contribution is 5.82. The smallest absolute Gasteiger partial charge is 0.236 e. The van der Waals surface area contributed by atoms with Crippen LogP contribution in [0.1, 0.15) is 12.5 Å². The Kier molecular flexibility index (Phi) is 4.60. The molecule has 0 aliphatic heterocycles. The van der Waals surface area contributed by atoms with Crippen molar-refractivity contribution >= 4 is 17.9 Å². The molecule has 18 heavy (non-hydrogen) atoms. The first-order chi connectivity index (χ1) is 8.37. The van der Waals surface area contributed by atoms with E-state index in [9.17, 15) is 0 Å². The maximum absolute atomic E-state index is 8.92. The number of nitrogens with two attached hydrogens (primary N) is 2. The van der Waals surface area contributed by atoms with Gasteiger partial charge < -0.3 is 21.7 Å². The fourth-order valence-electron chi connectivity index (χ4n) is 1.00. The van der Waals surface area contributed by atoms with Crippen molar-refractivity contribution in [2.75, 3.05) is 5.73 Å². The highest BCUT2D eigenvalue weighted by atomic mass is 16.5. The third-order valence-corrected chi connectivity index (χ3v) is 1.71. The van der Waals surface area contributed by atoms with Crippen LogP contribution >= 0.6 is 0 Å². The van der Waals surface area contributed by atoms with Crippen LogP contribution in [0.4, 0.5) is 5.69 Å². The summed E-state index contributed by atoms with van der Waals surface area (Å²) in [5.41, 5.74) is 16.7. The molecule has 8 nitrogen and oxygen atoms in total. The van der Waals surface area contributed by atoms with Crippen molar-refractivity contribution in [1.29, 1.82) is 0 Å². The van der Waals surface area contributed by atoms with Gasteiger partial charge in [-0.05, 0) is 17.7 Å². The molecule has 8 N–H and O–H groups in total. The molecule has 0 fully saturated rings. The van der Waals surface area contributed by atoms with Gasteiger partial charge in [-0.15, -0.1) is 5.10 Å². The molecule has 1 aromatic carbocycles. The van der Waals surface area contributed by atoms with E-state index in [2.05, 4.69) is 21.1 Å². The number of aliphatic hydroxyl groups is 2. The van der Waals surface area contributed by atoms with E-state index >= 15 is 0 Å². The van der Waals surface area contributed by atoms with E-state index in [1.54, 1.807) is 24.3 Å². The Morgan fingerprint density at radius 2 is 2.17 bits per heavy atom. The summed E-state index contributed by atoms with van der Waals surface area (Å²) in [6.45, 7) is 1.11. The molecule has 0 saturated carbocycles. The van der Waals surface area contributed by atoms with Gasteiger partial charge in [-0.1, -0.05) is 12.1 Å². The van der Waals surface area contributed by atoms with Crippen LogP contribution in [-0.4, -0.2) is 28.3 Å². The largest absolute Gasteiger partial charge is 0.399 e. The number of guanidine groups is 1. The molecule has 0 heterocycles. The van der Waals surface area contributed by atoms with Crippen LogP contribution in [0.5, 0.6) is 0 Å². The Bertz CT molecular complexity index is 452. The van der Waals surface area contributed by atoms with Crippen LogP contribution in [0.2, 0.25) is 0 Å². The molecule has 1 rings (SSSR count). The van der Waals surface area contributed by atoms with Crippen LogP contribution in [-0.2, 0) is 0 Å². The summed E-state index contributed by atoms with van der Waals surface area (Å²) in [5, 5.41) is 25.1. The minimum atomic E-state index is -2.10. The summed E-state index contributed by atoms with van der Waals surface area (Å²) in [7, 11) is 0. The lowest BCUT2D eigenvalue weighted by molar-refractivity contribution is -0.174. The zero-order valence-corrected chi connectivity index (χ0v) is 9.83. The molecule has 0 saturated heterocycles. The Morgan fingerprint density at radius 3 is 2.78 bits per heavy atom. The predicted molar refractivity (Wildman–Crippen MR) is 69.2 cm³/mol. The number of benzene rings is 1. The lowest BCUT2D eigenvalue weighted by atomic mass is 10.2. The number of hydrazine groups is 1. The standard InChI is InChI=1S/C10H16N6O2/c1-10(17,18)16-15-9(12)14-13-6-7-3-2-4-8(11)5-7/h2-6,16-18H,11H2,1H3,(H3,12,14,15). The second-order valence-corrected chi connectivity index (χ2v) is 3.67. The average molecular weight is 252 g/mol. The molecule has 1 aromatic rings. The molecule has 0 unspecified atom stereocenters. The molecule has 0 aromatic heterocycles. The van der Waals surface area contributed by atoms with Crippen molar-refractivity contribution in [3.8, 4) is 0 Å². The van der Waals surface area contributed by atoms with Crippen LogP contribution in [0, 0.1) is 0 Å². The van der Waals surface area contributed by atoms with E-state index in [1.807, 2.05) is 0 Å². The van der Waals surface area contributed by atoms with Crippen LogP contribution in [0.25, 0.3) is 0 Å². The molecule has 98 valence electrons. The van der Waals surface area contributed by atoms with Crippen molar-refractivity contribution in [3.63, 3.8) is 0 Å². The van der Waals surface area contributed by atoms with E-state index in [0.29, 0.717) is 5.69 Å². The number of rotatable bonds is 4. The quantitative estimate of drug-likeness (QED) is 0.129. The minimum Gasteiger partial charge on any atom is -0.399 e. The Morgan fingerprint density at radius 1 is 1.44 bits per heavy atom. The number of hydrogen-bond acceptors (Lipinski definition) is 6. The minimum absolute atomic E-state index is 0.121. The first kappa shape index (κ1) is 13.9. The molecule has 0 bridgehead atoms. The van der Waals surface area contributed by atoms with Gasteiger partial charge in [0, 0.05) is 12.6 Å². The second kappa shape index (κ2) is 5.96. The summed E-state index contributed by atoms with van der Waals surface area (Å²) in [5.74, 6) is -2.22. The summed E-state index contributed by atoms with van der Waals surface area (Å²) in [6, 6.07) is 7.06. The predicted octanol–water partition coefficient (Wildman–Crippen LogP) is -1.33. The van der Waals surface area contributed by atoms with Gasteiger partial charge in [0.1, 0.15) is 0 Å². The van der Waals surface area contributed by atoms with Gasteiger partial charge in [0.05, 0.1) is 6.21 Å². The number of nitrogen functional groups attached to an aromatic ring is 1. The van der Waals surface area contributed by atoms with Crippen LogP contribution in [0.3, 0.4) is 0 Å². The maximum Gasteiger partial charge on any atom is 0.236 e. The molecule has 8 heteroatoms. The lowest BCUT2D eigenvalue weighted by Crippen LogP contribution is -2.54. The van der Waals surface area contributed by atoms with Gasteiger partial charge in [0.15, 0.2) is 0 Å². The van der Waals surface area contributed by atoms with Crippen molar-refractivity contribution in [1.82, 2.24) is 10.9 Å². The van der Waals surface area contributed by atoms with Gasteiger partial charge in [-0.2, -0.15) is 10.5 Å². The van der Waals surface area contributed by atoms with Gasteiger partial charge in [-0.25, -0.2) is 0 Å². The zero-order valence-electron chi connectivity index (χ0n) is 9.83. The summed E-state index contributed by atoms with van der Waals surface area (Å²) < 4.78 is 0. The molecular formula is C10H16N6O2. The van der Waals surface area contributed by atoms with Crippen LogP contribution in [0.15, 0.2) is 34.5 Å². The third-order valence-electron chi connectivity index (χ3n) is 1.71. The van der Waals surface area contributed by atoms with Crippen LogP contribution < -0.4 is 22.3 Å². The summed E-state index contributed by atoms with van der Waals surface area (Å²) in [4.78, 5) is 0. The van der Waals surface area contributed by atoms with Crippen molar-refractivity contribution in [2.24, 2.45) is 15.9 Å². The molecule has 0 radical (unpaired) electrons. The maximum atomic E-state index is 8.92. The van der Waals surface area contributed by atoms with E-state index in [-0.39, 0.29) is 5.96 Å². The first-order valence-electron chi connectivity index (χ1n) is 5.07. The van der Waals surface area contributed by atoms with Gasteiger partial charge in [0.2, 0.25) is 11.9 Å². The molecule has 0 amide bonds. The van der Waals surface area contributed by atoms with Gasteiger partial charge in [0.25, 0.3) is 0 Å². The molecule has 0 aliphatic carbocycles. The van der Waals surface area contributed by atoms with E-state index in [4.69, 9.17) is 21.7 Å². The number of nitrogens with one attached hydrogen (secondary N) is 2. The van der Waals surface area contributed by atoms with Gasteiger partial charge >= 0.3 is 0 Å². The fraction of sp³-hybridized carbons (Fsp3) is 0.200. The Balaban J connectivity index is 2.52. The van der Waals surface area contributed by atoms with E-state index < -0.39 is 5.91 Å². The number of hydrogen-bond donors (Lipinski definition) is 6. The SMILES string of the molecule is CC(O)(O)NNC(N)=NN=Cc1cccc(N)c1. The summed E-state index contributed by atoms with van der Waals surface area (Å²) >= 11 is 0. The Hall–Kier alpha value is -2.16. The molecule has 0 spiro atoms. The Labute approximate surface area is 104 Å². The van der Waals surface area contributed by atoms with Crippen molar-refractivity contribution < 1.29 is 10.2 Å². The summed E-state index contributed by atoms with van der Waals surface area (Å²) in [6.07, 6.45) is 1.46. The highest BCUT2D eigenvalue weighted by Gasteiger charge is 2.12. The normalized spacial score (nSPS) is 12.9. The fourth-order valence-corrected chi connectivity index (χ4v) is 1.00. The highest BCUT2D eigenvalue weighted by Crippen LogP contribution is 2.03. The number of anilines is 1. The first-order valence-corrected chi connectivity index (χ1v) is 5.07.